The van der Waals surface area contributed by atoms with Crippen molar-refractivity contribution in [2.45, 2.75) is 51.5 Å². The molecule has 0 atom stereocenters. The number of anilines is 1. The fourth-order valence-corrected chi connectivity index (χ4v) is 2.41. The van der Waals surface area contributed by atoms with Crippen molar-refractivity contribution in [3.05, 3.63) is 17.5 Å². The Bertz CT molecular complexity index is 394. The van der Waals surface area contributed by atoms with Crippen LogP contribution in [0.3, 0.4) is 0 Å². The standard InChI is InChI=1S/C13H20ClN3/c1-9(2)11-7-10(3)15-12(16-11)17-13(8-14)5-4-6-13/h7,9H,4-6,8H2,1-3H3,(H,15,16,17). The van der Waals surface area contributed by atoms with Gasteiger partial charge in [0.2, 0.25) is 5.95 Å². The van der Waals surface area contributed by atoms with E-state index in [4.69, 9.17) is 11.6 Å². The Morgan fingerprint density at radius 2 is 2.12 bits per heavy atom. The summed E-state index contributed by atoms with van der Waals surface area (Å²) in [6.07, 6.45) is 3.47. The maximum Gasteiger partial charge on any atom is 0.223 e. The molecule has 1 aromatic heterocycles. The molecule has 0 radical (unpaired) electrons. The molecular formula is C13H20ClN3. The number of nitrogens with one attached hydrogen (secondary N) is 1. The molecule has 0 aliphatic heterocycles. The molecule has 1 aliphatic carbocycles. The number of rotatable bonds is 4. The third kappa shape index (κ3) is 2.71. The number of nitrogens with zero attached hydrogens (tertiary/aromatic N) is 2. The first-order valence-corrected chi connectivity index (χ1v) is 6.78. The fourth-order valence-electron chi connectivity index (χ4n) is 2.08. The fraction of sp³-hybridized carbons (Fsp3) is 0.692. The summed E-state index contributed by atoms with van der Waals surface area (Å²) in [5, 5.41) is 3.42. The monoisotopic (exact) mass is 253 g/mol. The lowest BCUT2D eigenvalue weighted by atomic mass is 9.78. The van der Waals surface area contributed by atoms with Crippen molar-refractivity contribution >= 4 is 17.5 Å². The van der Waals surface area contributed by atoms with Gasteiger partial charge < -0.3 is 5.32 Å². The van der Waals surface area contributed by atoms with E-state index in [1.54, 1.807) is 0 Å². The van der Waals surface area contributed by atoms with Crippen molar-refractivity contribution in [2.75, 3.05) is 11.2 Å². The second-order valence-corrected chi connectivity index (χ2v) is 5.57. The molecule has 3 nitrogen and oxygen atoms in total. The second-order valence-electron chi connectivity index (χ2n) is 5.31. The zero-order valence-corrected chi connectivity index (χ0v) is 11.5. The highest BCUT2D eigenvalue weighted by molar-refractivity contribution is 6.18. The molecule has 1 N–H and O–H groups in total. The molecule has 0 unspecified atom stereocenters. The van der Waals surface area contributed by atoms with Crippen molar-refractivity contribution in [1.29, 1.82) is 0 Å². The van der Waals surface area contributed by atoms with Crippen LogP contribution in [0.15, 0.2) is 6.07 Å². The summed E-state index contributed by atoms with van der Waals surface area (Å²) in [6.45, 7) is 6.30. The highest BCUT2D eigenvalue weighted by atomic mass is 35.5. The second kappa shape index (κ2) is 4.81. The van der Waals surface area contributed by atoms with Crippen LogP contribution in [-0.4, -0.2) is 21.4 Å². The lowest BCUT2D eigenvalue weighted by Gasteiger charge is -2.41. The van der Waals surface area contributed by atoms with Gasteiger partial charge >= 0.3 is 0 Å². The Hall–Kier alpha value is -0.830. The molecule has 94 valence electrons. The first-order chi connectivity index (χ1) is 8.04. The number of hydrogen-bond donors (Lipinski definition) is 1. The van der Waals surface area contributed by atoms with Gasteiger partial charge in [-0.05, 0) is 38.2 Å². The summed E-state index contributed by atoms with van der Waals surface area (Å²) in [6, 6.07) is 2.05. The highest BCUT2D eigenvalue weighted by Crippen LogP contribution is 2.35. The molecule has 0 amide bonds. The van der Waals surface area contributed by atoms with Gasteiger partial charge in [0.05, 0.1) is 5.54 Å². The van der Waals surface area contributed by atoms with Gasteiger partial charge in [-0.1, -0.05) is 13.8 Å². The van der Waals surface area contributed by atoms with Crippen LogP contribution in [0.4, 0.5) is 5.95 Å². The van der Waals surface area contributed by atoms with Gasteiger partial charge in [-0.15, -0.1) is 11.6 Å². The first-order valence-electron chi connectivity index (χ1n) is 6.24. The van der Waals surface area contributed by atoms with E-state index in [1.807, 2.05) is 13.0 Å². The van der Waals surface area contributed by atoms with E-state index in [9.17, 15) is 0 Å². The zero-order chi connectivity index (χ0) is 12.5. The van der Waals surface area contributed by atoms with Crippen LogP contribution < -0.4 is 5.32 Å². The number of halogens is 1. The Morgan fingerprint density at radius 3 is 2.59 bits per heavy atom. The number of hydrogen-bond acceptors (Lipinski definition) is 3. The number of aryl methyl sites for hydroxylation is 1. The summed E-state index contributed by atoms with van der Waals surface area (Å²) >= 11 is 6.03. The van der Waals surface area contributed by atoms with E-state index >= 15 is 0 Å². The van der Waals surface area contributed by atoms with Crippen LogP contribution >= 0.6 is 11.6 Å². The summed E-state index contributed by atoms with van der Waals surface area (Å²) in [5.41, 5.74) is 2.13. The van der Waals surface area contributed by atoms with Crippen molar-refractivity contribution < 1.29 is 0 Å². The summed E-state index contributed by atoms with van der Waals surface area (Å²) in [4.78, 5) is 9.02. The molecule has 1 heterocycles. The Kier molecular flexibility index (Phi) is 3.57. The predicted octanol–water partition coefficient (Wildman–Crippen LogP) is 3.48. The van der Waals surface area contributed by atoms with Gasteiger partial charge in [-0.2, -0.15) is 0 Å². The van der Waals surface area contributed by atoms with Gasteiger partial charge in [-0.25, -0.2) is 9.97 Å². The summed E-state index contributed by atoms with van der Waals surface area (Å²) in [5.74, 6) is 1.78. The topological polar surface area (TPSA) is 37.8 Å². The van der Waals surface area contributed by atoms with Crippen LogP contribution in [-0.2, 0) is 0 Å². The minimum atomic E-state index is 0.0313. The molecule has 0 bridgehead atoms. The molecular weight excluding hydrogens is 234 g/mol. The molecule has 2 rings (SSSR count). The van der Waals surface area contributed by atoms with Gasteiger partial charge in [0, 0.05) is 17.3 Å². The smallest absolute Gasteiger partial charge is 0.223 e. The van der Waals surface area contributed by atoms with Crippen LogP contribution in [0.2, 0.25) is 0 Å². The minimum absolute atomic E-state index is 0.0313. The largest absolute Gasteiger partial charge is 0.348 e. The van der Waals surface area contributed by atoms with Crippen LogP contribution in [0.1, 0.15) is 50.4 Å². The molecule has 1 saturated carbocycles. The summed E-state index contributed by atoms with van der Waals surface area (Å²) < 4.78 is 0. The zero-order valence-electron chi connectivity index (χ0n) is 10.8. The van der Waals surface area contributed by atoms with Crippen molar-refractivity contribution in [3.63, 3.8) is 0 Å². The predicted molar refractivity (Wildman–Crippen MR) is 71.8 cm³/mol. The maximum atomic E-state index is 6.03. The molecule has 1 aromatic rings. The average Bonchev–Trinajstić information content (AvgIpc) is 2.22. The normalized spacial score (nSPS) is 17.9. The SMILES string of the molecule is Cc1cc(C(C)C)nc(NC2(CCl)CCC2)n1. The molecule has 17 heavy (non-hydrogen) atoms. The molecule has 0 aromatic carbocycles. The van der Waals surface area contributed by atoms with Crippen molar-refractivity contribution in [3.8, 4) is 0 Å². The lowest BCUT2D eigenvalue weighted by Crippen LogP contribution is -2.47. The van der Waals surface area contributed by atoms with Crippen LogP contribution in [0, 0.1) is 6.92 Å². The Morgan fingerprint density at radius 1 is 1.41 bits per heavy atom. The van der Waals surface area contributed by atoms with Crippen LogP contribution in [0.25, 0.3) is 0 Å². The summed E-state index contributed by atoms with van der Waals surface area (Å²) in [7, 11) is 0. The van der Waals surface area contributed by atoms with Crippen molar-refractivity contribution in [2.24, 2.45) is 0 Å². The third-order valence-electron chi connectivity index (χ3n) is 3.41. The molecule has 1 aliphatic rings. The van der Waals surface area contributed by atoms with Crippen molar-refractivity contribution in [1.82, 2.24) is 9.97 Å². The van der Waals surface area contributed by atoms with Gasteiger partial charge in [-0.3, -0.25) is 0 Å². The molecule has 4 heteroatoms. The molecule has 0 saturated heterocycles. The van der Waals surface area contributed by atoms with E-state index < -0.39 is 0 Å². The number of alkyl halides is 1. The van der Waals surface area contributed by atoms with E-state index in [0.29, 0.717) is 11.8 Å². The van der Waals surface area contributed by atoms with Crippen LogP contribution in [0.5, 0.6) is 0 Å². The molecule has 1 fully saturated rings. The first kappa shape index (κ1) is 12.6. The van der Waals surface area contributed by atoms with E-state index in [1.165, 1.54) is 6.42 Å². The Labute approximate surface area is 108 Å². The van der Waals surface area contributed by atoms with Gasteiger partial charge in [0.1, 0.15) is 0 Å². The lowest BCUT2D eigenvalue weighted by molar-refractivity contribution is 0.309. The highest BCUT2D eigenvalue weighted by Gasteiger charge is 2.36. The maximum absolute atomic E-state index is 6.03. The van der Waals surface area contributed by atoms with E-state index in [2.05, 4.69) is 29.1 Å². The third-order valence-corrected chi connectivity index (χ3v) is 3.92. The van der Waals surface area contributed by atoms with E-state index in [-0.39, 0.29) is 5.54 Å². The van der Waals surface area contributed by atoms with E-state index in [0.717, 1.165) is 30.2 Å². The minimum Gasteiger partial charge on any atom is -0.348 e. The Balaban J connectivity index is 2.20. The average molecular weight is 254 g/mol. The number of aromatic nitrogens is 2. The van der Waals surface area contributed by atoms with Gasteiger partial charge in [0.15, 0.2) is 0 Å². The molecule has 0 spiro atoms. The van der Waals surface area contributed by atoms with Gasteiger partial charge in [0.25, 0.3) is 0 Å². The quantitative estimate of drug-likeness (QED) is 0.835.